The van der Waals surface area contributed by atoms with Crippen LogP contribution in [0, 0.1) is 0 Å². The first-order valence-corrected chi connectivity index (χ1v) is 5.61. The number of aliphatic carboxylic acids is 2. The molecule has 0 atom stereocenters. The van der Waals surface area contributed by atoms with Gasteiger partial charge in [-0.3, -0.25) is 4.79 Å². The van der Waals surface area contributed by atoms with Crippen molar-refractivity contribution < 1.29 is 24.9 Å². The van der Waals surface area contributed by atoms with Crippen molar-refractivity contribution in [1.29, 1.82) is 0 Å². The van der Waals surface area contributed by atoms with E-state index < -0.39 is 17.6 Å². The van der Waals surface area contributed by atoms with Crippen molar-refractivity contribution in [2.24, 2.45) is 17.2 Å². The molecule has 0 aromatic rings. The van der Waals surface area contributed by atoms with Gasteiger partial charge in [0.2, 0.25) is 0 Å². The predicted octanol–water partition coefficient (Wildman–Crippen LogP) is -1.34. The standard InChI is InChI=1S/C5H13N3O2.C5H10O3/c6-3-1-2-5(7,8)4(9)10;6-4-2-1-3-5(7)8/h1-3,6-8H2,(H,9,10);6H,1-4H2,(H,7,8). The highest BCUT2D eigenvalue weighted by molar-refractivity contribution is 5.77. The fourth-order valence-corrected chi connectivity index (χ4v) is 0.890. The molecule has 18 heavy (non-hydrogen) atoms. The quantitative estimate of drug-likeness (QED) is 0.231. The fraction of sp³-hybridized carbons (Fsp3) is 0.800. The Balaban J connectivity index is 0. The van der Waals surface area contributed by atoms with Gasteiger partial charge in [-0.15, -0.1) is 0 Å². The summed E-state index contributed by atoms with van der Waals surface area (Å²) in [5, 5.41) is 24.6. The zero-order chi connectivity index (χ0) is 14.6. The van der Waals surface area contributed by atoms with Crippen LogP contribution in [0.3, 0.4) is 0 Å². The lowest BCUT2D eigenvalue weighted by molar-refractivity contribution is -0.143. The molecule has 0 saturated carbocycles. The zero-order valence-electron chi connectivity index (χ0n) is 10.3. The van der Waals surface area contributed by atoms with Crippen LogP contribution in [-0.2, 0) is 9.59 Å². The molecule has 0 aliphatic rings. The van der Waals surface area contributed by atoms with Crippen LogP contribution in [0.2, 0.25) is 0 Å². The molecule has 0 unspecified atom stereocenters. The lowest BCUT2D eigenvalue weighted by Crippen LogP contribution is -2.56. The molecule has 0 rings (SSSR count). The van der Waals surface area contributed by atoms with Crippen molar-refractivity contribution in [3.05, 3.63) is 0 Å². The van der Waals surface area contributed by atoms with E-state index in [0.29, 0.717) is 25.8 Å². The molecule has 0 aromatic carbocycles. The lowest BCUT2D eigenvalue weighted by atomic mass is 10.1. The maximum absolute atomic E-state index is 10.2. The van der Waals surface area contributed by atoms with E-state index in [-0.39, 0.29) is 19.4 Å². The number of aliphatic hydroxyl groups excluding tert-OH is 1. The monoisotopic (exact) mass is 265 g/mol. The molecule has 0 bridgehead atoms. The number of unbranched alkanes of at least 4 members (excludes halogenated alkanes) is 1. The van der Waals surface area contributed by atoms with E-state index in [1.54, 1.807) is 0 Å². The molecule has 0 heterocycles. The average molecular weight is 265 g/mol. The van der Waals surface area contributed by atoms with Crippen molar-refractivity contribution in [3.8, 4) is 0 Å². The SMILES string of the molecule is NCCCC(N)(N)C(=O)O.O=C(O)CCCCO. The zero-order valence-corrected chi connectivity index (χ0v) is 10.3. The number of nitrogens with two attached hydrogens (primary N) is 3. The first kappa shape index (κ1) is 19.1. The minimum Gasteiger partial charge on any atom is -0.481 e. The summed E-state index contributed by atoms with van der Waals surface area (Å²) in [6.45, 7) is 0.497. The summed E-state index contributed by atoms with van der Waals surface area (Å²) < 4.78 is 0. The predicted molar refractivity (Wildman–Crippen MR) is 65.6 cm³/mol. The molecule has 0 aromatic heterocycles. The molecule has 0 aliphatic heterocycles. The minimum atomic E-state index is -1.61. The number of aliphatic hydroxyl groups is 1. The molecule has 0 amide bonds. The Hall–Kier alpha value is -1.22. The highest BCUT2D eigenvalue weighted by Crippen LogP contribution is 2.00. The second-order valence-corrected chi connectivity index (χ2v) is 3.81. The molecule has 8 nitrogen and oxygen atoms in total. The Morgan fingerprint density at radius 2 is 1.61 bits per heavy atom. The van der Waals surface area contributed by atoms with E-state index in [0.717, 1.165) is 0 Å². The first-order valence-electron chi connectivity index (χ1n) is 5.61. The molecule has 108 valence electrons. The summed E-state index contributed by atoms with van der Waals surface area (Å²) >= 11 is 0. The normalized spacial score (nSPS) is 10.4. The van der Waals surface area contributed by atoms with Gasteiger partial charge in [0, 0.05) is 13.0 Å². The number of hydrogen-bond donors (Lipinski definition) is 6. The Kier molecular flexibility index (Phi) is 11.6. The third-order valence-electron chi connectivity index (χ3n) is 1.99. The van der Waals surface area contributed by atoms with Gasteiger partial charge in [-0.1, -0.05) is 0 Å². The van der Waals surface area contributed by atoms with Gasteiger partial charge in [0.25, 0.3) is 0 Å². The van der Waals surface area contributed by atoms with Gasteiger partial charge < -0.3 is 32.5 Å². The summed E-state index contributed by atoms with van der Waals surface area (Å²) in [4.78, 5) is 20.0. The van der Waals surface area contributed by atoms with Crippen LogP contribution >= 0.6 is 0 Å². The van der Waals surface area contributed by atoms with Crippen LogP contribution < -0.4 is 17.2 Å². The number of rotatable bonds is 8. The summed E-state index contributed by atoms with van der Waals surface area (Å²) in [6.07, 6.45) is 2.07. The summed E-state index contributed by atoms with van der Waals surface area (Å²) in [5.74, 6) is -1.99. The first-order chi connectivity index (χ1) is 8.27. The van der Waals surface area contributed by atoms with E-state index in [2.05, 4.69) is 0 Å². The topological polar surface area (TPSA) is 173 Å². The van der Waals surface area contributed by atoms with Crippen LogP contribution in [0.25, 0.3) is 0 Å². The van der Waals surface area contributed by atoms with E-state index in [1.807, 2.05) is 0 Å². The number of hydrogen-bond acceptors (Lipinski definition) is 6. The van der Waals surface area contributed by atoms with Crippen molar-refractivity contribution in [2.45, 2.75) is 37.8 Å². The molecular weight excluding hydrogens is 242 g/mol. The minimum absolute atomic E-state index is 0.0906. The maximum Gasteiger partial charge on any atom is 0.338 e. The summed E-state index contributed by atoms with van der Waals surface area (Å²) in [7, 11) is 0. The van der Waals surface area contributed by atoms with Gasteiger partial charge in [0.1, 0.15) is 0 Å². The molecule has 0 aliphatic carbocycles. The Morgan fingerprint density at radius 3 is 1.94 bits per heavy atom. The van der Waals surface area contributed by atoms with Crippen LogP contribution in [0.15, 0.2) is 0 Å². The molecular formula is C10H23N3O5. The third-order valence-corrected chi connectivity index (χ3v) is 1.99. The van der Waals surface area contributed by atoms with Crippen molar-refractivity contribution in [1.82, 2.24) is 0 Å². The Labute approximate surface area is 106 Å². The molecule has 0 fully saturated rings. The van der Waals surface area contributed by atoms with Crippen LogP contribution in [0.4, 0.5) is 0 Å². The third kappa shape index (κ3) is 12.8. The van der Waals surface area contributed by atoms with Gasteiger partial charge in [0.05, 0.1) is 0 Å². The number of carboxylic acids is 2. The van der Waals surface area contributed by atoms with Crippen LogP contribution in [0.5, 0.6) is 0 Å². The fourth-order valence-electron chi connectivity index (χ4n) is 0.890. The van der Waals surface area contributed by atoms with Gasteiger partial charge in [0.15, 0.2) is 5.66 Å². The van der Waals surface area contributed by atoms with Crippen molar-refractivity contribution >= 4 is 11.9 Å². The molecule has 0 saturated heterocycles. The Bertz CT molecular complexity index is 246. The average Bonchev–Trinajstić information content (AvgIpc) is 2.27. The highest BCUT2D eigenvalue weighted by atomic mass is 16.4. The van der Waals surface area contributed by atoms with E-state index in [1.165, 1.54) is 0 Å². The number of carboxylic acid groups (broad SMARTS) is 2. The molecule has 0 radical (unpaired) electrons. The molecule has 8 heteroatoms. The van der Waals surface area contributed by atoms with E-state index >= 15 is 0 Å². The van der Waals surface area contributed by atoms with Gasteiger partial charge >= 0.3 is 11.9 Å². The highest BCUT2D eigenvalue weighted by Gasteiger charge is 2.27. The summed E-state index contributed by atoms with van der Waals surface area (Å²) in [6, 6.07) is 0. The number of carbonyl (C=O) groups is 2. The van der Waals surface area contributed by atoms with Crippen molar-refractivity contribution in [3.63, 3.8) is 0 Å². The smallest absolute Gasteiger partial charge is 0.338 e. The van der Waals surface area contributed by atoms with Gasteiger partial charge in [-0.05, 0) is 32.2 Å². The van der Waals surface area contributed by atoms with Gasteiger partial charge in [-0.25, -0.2) is 4.79 Å². The summed E-state index contributed by atoms with van der Waals surface area (Å²) in [5.41, 5.74) is 13.9. The largest absolute Gasteiger partial charge is 0.481 e. The Morgan fingerprint density at radius 1 is 1.06 bits per heavy atom. The van der Waals surface area contributed by atoms with E-state index in [4.69, 9.17) is 32.5 Å². The van der Waals surface area contributed by atoms with Crippen molar-refractivity contribution in [2.75, 3.05) is 13.2 Å². The van der Waals surface area contributed by atoms with E-state index in [9.17, 15) is 9.59 Å². The van der Waals surface area contributed by atoms with Crippen LogP contribution in [-0.4, -0.2) is 46.1 Å². The maximum atomic E-state index is 10.2. The second kappa shape index (κ2) is 10.9. The molecule has 9 N–H and O–H groups in total. The lowest BCUT2D eigenvalue weighted by Gasteiger charge is -2.17. The molecule has 0 spiro atoms. The van der Waals surface area contributed by atoms with Gasteiger partial charge in [-0.2, -0.15) is 0 Å². The van der Waals surface area contributed by atoms with Crippen LogP contribution in [0.1, 0.15) is 32.1 Å². The second-order valence-electron chi connectivity index (χ2n) is 3.81.